The van der Waals surface area contributed by atoms with E-state index in [9.17, 15) is 4.79 Å². The number of carboxylic acids is 1. The summed E-state index contributed by atoms with van der Waals surface area (Å²) in [5, 5.41) is 21.9. The zero-order valence-corrected chi connectivity index (χ0v) is 10.3. The van der Waals surface area contributed by atoms with Crippen molar-refractivity contribution in [1.82, 2.24) is 4.37 Å². The van der Waals surface area contributed by atoms with Crippen LogP contribution in [0.5, 0.6) is 0 Å². The second kappa shape index (κ2) is 4.72. The van der Waals surface area contributed by atoms with E-state index in [0.29, 0.717) is 22.7 Å². The van der Waals surface area contributed by atoms with Crippen LogP contribution >= 0.6 is 11.5 Å². The van der Waals surface area contributed by atoms with Crippen molar-refractivity contribution in [2.75, 3.05) is 5.32 Å². The molecule has 2 atom stereocenters. The monoisotopic (exact) mass is 251 g/mol. The van der Waals surface area contributed by atoms with Gasteiger partial charge in [0.2, 0.25) is 0 Å². The molecule has 0 saturated heterocycles. The first-order chi connectivity index (χ1) is 8.13. The molecule has 0 aromatic carbocycles. The van der Waals surface area contributed by atoms with Gasteiger partial charge in [-0.25, -0.2) is 0 Å². The average Bonchev–Trinajstić information content (AvgIpc) is 2.86. The predicted molar refractivity (Wildman–Crippen MR) is 64.0 cm³/mol. The molecule has 0 amide bonds. The van der Waals surface area contributed by atoms with Crippen molar-refractivity contribution in [3.63, 3.8) is 0 Å². The Hall–Kier alpha value is -1.61. The molecule has 0 radical (unpaired) electrons. The van der Waals surface area contributed by atoms with E-state index in [1.807, 2.05) is 0 Å². The highest BCUT2D eigenvalue weighted by Gasteiger charge is 2.33. The quantitative estimate of drug-likeness (QED) is 0.858. The van der Waals surface area contributed by atoms with Gasteiger partial charge < -0.3 is 10.4 Å². The van der Waals surface area contributed by atoms with Crippen LogP contribution < -0.4 is 5.32 Å². The molecule has 1 fully saturated rings. The first-order valence-electron chi connectivity index (χ1n) is 5.49. The Bertz CT molecular complexity index is 478. The number of aryl methyl sites for hydroxylation is 1. The van der Waals surface area contributed by atoms with Crippen molar-refractivity contribution < 1.29 is 9.90 Å². The van der Waals surface area contributed by atoms with Crippen LogP contribution in [0.3, 0.4) is 0 Å². The molecule has 0 aliphatic heterocycles. The van der Waals surface area contributed by atoms with Gasteiger partial charge in [0.15, 0.2) is 0 Å². The van der Waals surface area contributed by atoms with Crippen molar-refractivity contribution in [2.45, 2.75) is 32.2 Å². The summed E-state index contributed by atoms with van der Waals surface area (Å²) in [5.41, 5.74) is 1.23. The average molecular weight is 251 g/mol. The lowest BCUT2D eigenvalue weighted by Crippen LogP contribution is -2.29. The molecule has 1 aromatic heterocycles. The van der Waals surface area contributed by atoms with Crippen LogP contribution in [0.2, 0.25) is 0 Å². The Morgan fingerprint density at radius 2 is 2.41 bits per heavy atom. The molecule has 90 valence electrons. The molecule has 0 spiro atoms. The fraction of sp³-hybridized carbons (Fsp3) is 0.545. The normalized spacial score (nSPS) is 23.3. The van der Waals surface area contributed by atoms with Gasteiger partial charge in [0.05, 0.1) is 11.6 Å². The molecule has 1 saturated carbocycles. The van der Waals surface area contributed by atoms with E-state index < -0.39 is 5.97 Å². The van der Waals surface area contributed by atoms with Crippen LogP contribution in [0.1, 0.15) is 30.5 Å². The lowest BCUT2D eigenvalue weighted by molar-refractivity contribution is -0.141. The third kappa shape index (κ3) is 2.24. The van der Waals surface area contributed by atoms with Gasteiger partial charge in [-0.2, -0.15) is 9.64 Å². The number of nitrogens with zero attached hydrogens (tertiary/aromatic N) is 2. The summed E-state index contributed by atoms with van der Waals surface area (Å²) in [4.78, 5) is 11.0. The highest BCUT2D eigenvalue weighted by Crippen LogP contribution is 2.32. The van der Waals surface area contributed by atoms with E-state index in [1.54, 1.807) is 6.92 Å². The highest BCUT2D eigenvalue weighted by atomic mass is 32.1. The lowest BCUT2D eigenvalue weighted by atomic mass is 10.0. The van der Waals surface area contributed by atoms with E-state index >= 15 is 0 Å². The van der Waals surface area contributed by atoms with Crippen LogP contribution in [-0.2, 0) is 4.79 Å². The van der Waals surface area contributed by atoms with E-state index in [-0.39, 0.29) is 12.0 Å². The summed E-state index contributed by atoms with van der Waals surface area (Å²) in [5.74, 6) is -1.12. The summed E-state index contributed by atoms with van der Waals surface area (Å²) in [6.45, 7) is 1.78. The summed E-state index contributed by atoms with van der Waals surface area (Å²) < 4.78 is 4.11. The third-order valence-corrected chi connectivity index (χ3v) is 3.99. The maximum atomic E-state index is 11.0. The molecule has 2 N–H and O–H groups in total. The number of aromatic nitrogens is 1. The van der Waals surface area contributed by atoms with Crippen molar-refractivity contribution in [3.8, 4) is 6.07 Å². The Kier molecular flexibility index (Phi) is 3.29. The number of aliphatic carboxylic acids is 1. The van der Waals surface area contributed by atoms with Gasteiger partial charge >= 0.3 is 5.97 Å². The van der Waals surface area contributed by atoms with E-state index in [4.69, 9.17) is 10.4 Å². The third-order valence-electron chi connectivity index (χ3n) is 3.12. The largest absolute Gasteiger partial charge is 0.481 e. The SMILES string of the molecule is Cc1nsc(NC2CCCC2C(=O)O)c1C#N. The topological polar surface area (TPSA) is 86.0 Å². The molecule has 2 unspecified atom stereocenters. The predicted octanol–water partition coefficient (Wildman–Crippen LogP) is 1.99. The molecule has 1 aliphatic carbocycles. The Balaban J connectivity index is 2.16. The van der Waals surface area contributed by atoms with Crippen LogP contribution in [-0.4, -0.2) is 21.5 Å². The van der Waals surface area contributed by atoms with E-state index in [2.05, 4.69) is 15.8 Å². The summed E-state index contributed by atoms with van der Waals surface area (Å²) in [6.07, 6.45) is 2.44. The van der Waals surface area contributed by atoms with Crippen molar-refractivity contribution in [2.24, 2.45) is 5.92 Å². The molecule has 6 heteroatoms. The molecule has 2 rings (SSSR count). The number of hydrogen-bond acceptors (Lipinski definition) is 5. The summed E-state index contributed by atoms with van der Waals surface area (Å²) in [7, 11) is 0. The first kappa shape index (κ1) is 11.9. The van der Waals surface area contributed by atoms with Gasteiger partial charge in [0.25, 0.3) is 0 Å². The number of carbonyl (C=O) groups is 1. The molecule has 5 nitrogen and oxygen atoms in total. The highest BCUT2D eigenvalue weighted by molar-refractivity contribution is 7.10. The number of nitriles is 1. The van der Waals surface area contributed by atoms with E-state index in [1.165, 1.54) is 11.5 Å². The molecular formula is C11H13N3O2S. The number of anilines is 1. The maximum absolute atomic E-state index is 11.0. The maximum Gasteiger partial charge on any atom is 0.308 e. The Labute approximate surface area is 103 Å². The molecule has 17 heavy (non-hydrogen) atoms. The minimum Gasteiger partial charge on any atom is -0.481 e. The van der Waals surface area contributed by atoms with Crippen molar-refractivity contribution in [3.05, 3.63) is 11.3 Å². The van der Waals surface area contributed by atoms with Gasteiger partial charge in [0, 0.05) is 6.04 Å². The molecule has 1 aromatic rings. The van der Waals surface area contributed by atoms with Gasteiger partial charge in [-0.3, -0.25) is 4.79 Å². The van der Waals surface area contributed by atoms with Crippen LogP contribution in [0.15, 0.2) is 0 Å². The fourth-order valence-corrected chi connectivity index (χ4v) is 3.00. The first-order valence-corrected chi connectivity index (χ1v) is 6.26. The number of hydrogen-bond donors (Lipinski definition) is 2. The van der Waals surface area contributed by atoms with Gasteiger partial charge in [-0.1, -0.05) is 6.42 Å². The number of rotatable bonds is 3. The second-order valence-corrected chi connectivity index (χ2v) is 4.98. The standard InChI is InChI=1S/C11H13N3O2S/c1-6-8(5-12)10(17-14-6)13-9-4-2-3-7(9)11(15)16/h7,9,13H,2-4H2,1H3,(H,15,16). The van der Waals surface area contributed by atoms with Gasteiger partial charge in [-0.15, -0.1) is 0 Å². The number of carboxylic acid groups (broad SMARTS) is 1. The zero-order valence-electron chi connectivity index (χ0n) is 9.43. The van der Waals surface area contributed by atoms with Gasteiger partial charge in [0.1, 0.15) is 16.6 Å². The minimum atomic E-state index is -0.764. The Morgan fingerprint density at radius 3 is 3.06 bits per heavy atom. The Morgan fingerprint density at radius 1 is 1.65 bits per heavy atom. The zero-order chi connectivity index (χ0) is 12.4. The summed E-state index contributed by atoms with van der Waals surface area (Å²) >= 11 is 1.22. The molecule has 1 heterocycles. The molecule has 0 bridgehead atoms. The van der Waals surface area contributed by atoms with Crippen LogP contribution in [0.25, 0.3) is 0 Å². The van der Waals surface area contributed by atoms with Crippen molar-refractivity contribution in [1.29, 1.82) is 5.26 Å². The smallest absolute Gasteiger partial charge is 0.308 e. The second-order valence-electron chi connectivity index (χ2n) is 4.21. The minimum absolute atomic E-state index is 0.0838. The lowest BCUT2D eigenvalue weighted by Gasteiger charge is -2.17. The fourth-order valence-electron chi connectivity index (χ4n) is 2.20. The van der Waals surface area contributed by atoms with Crippen molar-refractivity contribution >= 4 is 22.5 Å². The summed E-state index contributed by atoms with van der Waals surface area (Å²) in [6, 6.07) is 2.02. The molecular weight excluding hydrogens is 238 g/mol. The van der Waals surface area contributed by atoms with Crippen LogP contribution in [0.4, 0.5) is 5.00 Å². The number of nitrogens with one attached hydrogen (secondary N) is 1. The van der Waals surface area contributed by atoms with Gasteiger partial charge in [-0.05, 0) is 31.3 Å². The molecule has 1 aliphatic rings. The van der Waals surface area contributed by atoms with Crippen LogP contribution in [0, 0.1) is 24.2 Å². The van der Waals surface area contributed by atoms with E-state index in [0.717, 1.165) is 12.8 Å².